The molecule has 0 unspecified atom stereocenters. The Morgan fingerprint density at radius 1 is 1.17 bits per heavy atom. The van der Waals surface area contributed by atoms with Gasteiger partial charge in [-0.25, -0.2) is 9.97 Å². The van der Waals surface area contributed by atoms with Gasteiger partial charge in [0.25, 0.3) is 5.56 Å². The molecule has 0 fully saturated rings. The lowest BCUT2D eigenvalue weighted by Crippen LogP contribution is -2.15. The maximum atomic E-state index is 11.7. The average molecular weight is 371 g/mol. The van der Waals surface area contributed by atoms with Crippen molar-refractivity contribution in [2.75, 3.05) is 5.32 Å². The molecule has 0 amide bonds. The van der Waals surface area contributed by atoms with E-state index >= 15 is 0 Å². The number of halogens is 1. The molecule has 0 aliphatic heterocycles. The number of aryl methyl sites for hydroxylation is 1. The van der Waals surface area contributed by atoms with Crippen molar-refractivity contribution in [1.82, 2.24) is 15.0 Å². The van der Waals surface area contributed by atoms with Gasteiger partial charge in [0.1, 0.15) is 5.82 Å². The SMILES string of the molecule is Cc1cc(NCc2ccc[nH]c2=O)nc(-c2ccc(Br)cc2)n1. The fourth-order valence-electron chi connectivity index (χ4n) is 2.17. The van der Waals surface area contributed by atoms with Gasteiger partial charge < -0.3 is 10.3 Å². The van der Waals surface area contributed by atoms with E-state index in [1.54, 1.807) is 18.3 Å². The number of aromatic nitrogens is 3. The fourth-order valence-corrected chi connectivity index (χ4v) is 2.43. The van der Waals surface area contributed by atoms with Crippen molar-refractivity contribution < 1.29 is 0 Å². The molecule has 6 heteroatoms. The average Bonchev–Trinajstić information content (AvgIpc) is 2.54. The Morgan fingerprint density at radius 2 is 1.96 bits per heavy atom. The summed E-state index contributed by atoms with van der Waals surface area (Å²) >= 11 is 3.42. The lowest BCUT2D eigenvalue weighted by Gasteiger charge is -2.08. The molecule has 1 aromatic carbocycles. The van der Waals surface area contributed by atoms with Crippen LogP contribution in [0.3, 0.4) is 0 Å². The van der Waals surface area contributed by atoms with Gasteiger partial charge in [0.15, 0.2) is 5.82 Å². The van der Waals surface area contributed by atoms with Crippen molar-refractivity contribution in [3.05, 3.63) is 74.7 Å². The van der Waals surface area contributed by atoms with Gasteiger partial charge >= 0.3 is 0 Å². The van der Waals surface area contributed by atoms with Gasteiger partial charge in [-0.1, -0.05) is 34.1 Å². The number of H-pyrrole nitrogens is 1. The topological polar surface area (TPSA) is 70.7 Å². The molecule has 5 nitrogen and oxygen atoms in total. The number of rotatable bonds is 4. The number of benzene rings is 1. The highest BCUT2D eigenvalue weighted by Crippen LogP contribution is 2.20. The number of pyridine rings is 1. The fraction of sp³-hybridized carbons (Fsp3) is 0.118. The first-order valence-corrected chi connectivity index (χ1v) is 7.93. The Balaban J connectivity index is 1.84. The van der Waals surface area contributed by atoms with E-state index in [0.717, 1.165) is 15.7 Å². The second-order valence-electron chi connectivity index (χ2n) is 5.10. The minimum Gasteiger partial charge on any atom is -0.366 e. The highest BCUT2D eigenvalue weighted by molar-refractivity contribution is 9.10. The second kappa shape index (κ2) is 6.75. The summed E-state index contributed by atoms with van der Waals surface area (Å²) in [6.45, 7) is 2.33. The third-order valence-corrected chi connectivity index (χ3v) is 3.84. The van der Waals surface area contributed by atoms with Crippen LogP contribution >= 0.6 is 15.9 Å². The summed E-state index contributed by atoms with van der Waals surface area (Å²) < 4.78 is 1.01. The van der Waals surface area contributed by atoms with Crippen molar-refractivity contribution >= 4 is 21.7 Å². The summed E-state index contributed by atoms with van der Waals surface area (Å²) in [6.07, 6.45) is 1.62. The quantitative estimate of drug-likeness (QED) is 0.736. The Kier molecular flexibility index (Phi) is 4.52. The van der Waals surface area contributed by atoms with E-state index in [1.165, 1.54) is 0 Å². The molecule has 116 valence electrons. The van der Waals surface area contributed by atoms with Gasteiger partial charge in [0, 0.05) is 40.1 Å². The molecule has 3 aromatic rings. The first kappa shape index (κ1) is 15.4. The molecule has 2 heterocycles. The lowest BCUT2D eigenvalue weighted by atomic mass is 10.2. The minimum absolute atomic E-state index is 0.0982. The molecule has 0 atom stereocenters. The number of hydrogen-bond donors (Lipinski definition) is 2. The van der Waals surface area contributed by atoms with Crippen molar-refractivity contribution in [1.29, 1.82) is 0 Å². The third-order valence-electron chi connectivity index (χ3n) is 3.32. The molecule has 0 spiro atoms. The van der Waals surface area contributed by atoms with Gasteiger partial charge in [-0.2, -0.15) is 0 Å². The van der Waals surface area contributed by atoms with E-state index in [2.05, 4.69) is 36.2 Å². The summed E-state index contributed by atoms with van der Waals surface area (Å²) in [5.41, 5.74) is 2.37. The van der Waals surface area contributed by atoms with E-state index in [0.29, 0.717) is 23.8 Å². The number of nitrogens with one attached hydrogen (secondary N) is 2. The van der Waals surface area contributed by atoms with E-state index < -0.39 is 0 Å². The van der Waals surface area contributed by atoms with Crippen LogP contribution in [-0.2, 0) is 6.54 Å². The van der Waals surface area contributed by atoms with Crippen LogP contribution in [0.5, 0.6) is 0 Å². The highest BCUT2D eigenvalue weighted by Gasteiger charge is 2.06. The van der Waals surface area contributed by atoms with Gasteiger partial charge in [0.05, 0.1) is 0 Å². The Labute approximate surface area is 142 Å². The molecule has 0 saturated heterocycles. The molecule has 0 bridgehead atoms. The van der Waals surface area contributed by atoms with E-state index in [1.807, 2.05) is 37.3 Å². The van der Waals surface area contributed by atoms with Crippen LogP contribution in [0.4, 0.5) is 5.82 Å². The summed E-state index contributed by atoms with van der Waals surface area (Å²) in [7, 11) is 0. The molecule has 0 radical (unpaired) electrons. The van der Waals surface area contributed by atoms with Crippen molar-refractivity contribution in [3.63, 3.8) is 0 Å². The van der Waals surface area contributed by atoms with Crippen LogP contribution in [0.1, 0.15) is 11.3 Å². The van der Waals surface area contributed by atoms with Crippen LogP contribution in [-0.4, -0.2) is 15.0 Å². The molecular weight excluding hydrogens is 356 g/mol. The van der Waals surface area contributed by atoms with Crippen LogP contribution in [0, 0.1) is 6.92 Å². The molecule has 2 aromatic heterocycles. The van der Waals surface area contributed by atoms with E-state index in [4.69, 9.17) is 0 Å². The predicted octanol–water partition coefficient (Wildman–Crippen LogP) is 3.51. The summed E-state index contributed by atoms with van der Waals surface area (Å²) in [6, 6.07) is 13.3. The largest absolute Gasteiger partial charge is 0.366 e. The zero-order valence-electron chi connectivity index (χ0n) is 12.5. The Hall–Kier alpha value is -2.47. The second-order valence-corrected chi connectivity index (χ2v) is 6.02. The minimum atomic E-state index is -0.0982. The van der Waals surface area contributed by atoms with Crippen LogP contribution in [0.2, 0.25) is 0 Å². The number of nitrogens with zero attached hydrogens (tertiary/aromatic N) is 2. The van der Waals surface area contributed by atoms with Gasteiger partial charge in [-0.05, 0) is 25.1 Å². The lowest BCUT2D eigenvalue weighted by molar-refractivity contribution is 1.03. The molecule has 0 aliphatic carbocycles. The van der Waals surface area contributed by atoms with Crippen LogP contribution < -0.4 is 10.9 Å². The van der Waals surface area contributed by atoms with E-state index in [-0.39, 0.29) is 5.56 Å². The predicted molar refractivity (Wildman–Crippen MR) is 94.3 cm³/mol. The van der Waals surface area contributed by atoms with Crippen molar-refractivity contribution in [3.8, 4) is 11.4 Å². The molecule has 2 N–H and O–H groups in total. The van der Waals surface area contributed by atoms with Crippen molar-refractivity contribution in [2.45, 2.75) is 13.5 Å². The van der Waals surface area contributed by atoms with Crippen LogP contribution in [0.15, 0.2) is 57.9 Å². The van der Waals surface area contributed by atoms with E-state index in [9.17, 15) is 4.79 Å². The maximum absolute atomic E-state index is 11.7. The summed E-state index contributed by atoms with van der Waals surface area (Å²) in [5, 5.41) is 3.18. The monoisotopic (exact) mass is 370 g/mol. The summed E-state index contributed by atoms with van der Waals surface area (Å²) in [4.78, 5) is 23.4. The zero-order valence-corrected chi connectivity index (χ0v) is 14.1. The van der Waals surface area contributed by atoms with Crippen molar-refractivity contribution in [2.24, 2.45) is 0 Å². The first-order chi connectivity index (χ1) is 11.1. The molecule has 3 rings (SSSR count). The molecular formula is C17H15BrN4O. The Bertz CT molecular complexity index is 874. The normalized spacial score (nSPS) is 10.5. The molecule has 23 heavy (non-hydrogen) atoms. The number of hydrogen-bond acceptors (Lipinski definition) is 4. The van der Waals surface area contributed by atoms with Gasteiger partial charge in [-0.3, -0.25) is 4.79 Å². The third kappa shape index (κ3) is 3.84. The Morgan fingerprint density at radius 3 is 2.70 bits per heavy atom. The number of anilines is 1. The highest BCUT2D eigenvalue weighted by atomic mass is 79.9. The standard InChI is InChI=1S/C17H15BrN4O/c1-11-9-15(20-10-13-3-2-8-19-17(13)23)22-16(21-11)12-4-6-14(18)7-5-12/h2-9H,10H2,1H3,(H,19,23)(H,20,21,22). The molecule has 0 aliphatic rings. The maximum Gasteiger partial charge on any atom is 0.252 e. The summed E-state index contributed by atoms with van der Waals surface area (Å²) in [5.74, 6) is 1.35. The smallest absolute Gasteiger partial charge is 0.252 e. The first-order valence-electron chi connectivity index (χ1n) is 7.14. The zero-order chi connectivity index (χ0) is 16.2. The van der Waals surface area contributed by atoms with Gasteiger partial charge in [-0.15, -0.1) is 0 Å². The molecule has 0 saturated carbocycles. The van der Waals surface area contributed by atoms with Crippen LogP contribution in [0.25, 0.3) is 11.4 Å². The van der Waals surface area contributed by atoms with Gasteiger partial charge in [0.2, 0.25) is 0 Å². The number of aromatic amines is 1.